The van der Waals surface area contributed by atoms with Crippen LogP contribution in [0.3, 0.4) is 0 Å². The molecule has 0 saturated heterocycles. The molecule has 5 nitrogen and oxygen atoms in total. The van der Waals surface area contributed by atoms with Crippen LogP contribution < -0.4 is 5.32 Å². The molecule has 0 saturated carbocycles. The fourth-order valence-corrected chi connectivity index (χ4v) is 1.76. The van der Waals surface area contributed by atoms with Gasteiger partial charge in [0.15, 0.2) is 11.9 Å². The van der Waals surface area contributed by atoms with Crippen molar-refractivity contribution in [2.24, 2.45) is 5.41 Å². The second-order valence-corrected chi connectivity index (χ2v) is 6.49. The van der Waals surface area contributed by atoms with E-state index in [9.17, 15) is 14.4 Å². The van der Waals surface area contributed by atoms with Gasteiger partial charge in [0, 0.05) is 11.3 Å². The van der Waals surface area contributed by atoms with E-state index in [1.165, 1.54) is 13.8 Å². The van der Waals surface area contributed by atoms with Crippen LogP contribution in [0.5, 0.6) is 0 Å². The topological polar surface area (TPSA) is 72.5 Å². The second kappa shape index (κ2) is 7.20. The van der Waals surface area contributed by atoms with Crippen LogP contribution in [0.15, 0.2) is 24.3 Å². The highest BCUT2D eigenvalue weighted by molar-refractivity contribution is 5.97. The summed E-state index contributed by atoms with van der Waals surface area (Å²) in [7, 11) is 0. The number of nitrogens with one attached hydrogen (secondary N) is 1. The predicted octanol–water partition coefficient (Wildman–Crippen LogP) is 3.20. The molecule has 1 atom stereocenters. The van der Waals surface area contributed by atoms with E-state index >= 15 is 0 Å². The highest BCUT2D eigenvalue weighted by atomic mass is 16.5. The van der Waals surface area contributed by atoms with Crippen LogP contribution in [0.25, 0.3) is 0 Å². The average molecular weight is 305 g/mol. The normalized spacial score (nSPS) is 12.4. The van der Waals surface area contributed by atoms with Gasteiger partial charge >= 0.3 is 5.97 Å². The summed E-state index contributed by atoms with van der Waals surface area (Å²) in [6.07, 6.45) is -0.625. The third-order valence-electron chi connectivity index (χ3n) is 2.91. The molecule has 1 amide bonds. The lowest BCUT2D eigenvalue weighted by Gasteiger charge is -2.19. The van der Waals surface area contributed by atoms with E-state index in [2.05, 4.69) is 5.32 Å². The maximum atomic E-state index is 12.0. The smallest absolute Gasteiger partial charge is 0.307 e. The van der Waals surface area contributed by atoms with E-state index in [1.54, 1.807) is 24.3 Å². The van der Waals surface area contributed by atoms with Crippen LogP contribution in [0.4, 0.5) is 5.69 Å². The molecule has 0 aliphatic rings. The first-order chi connectivity index (χ1) is 10.1. The number of amides is 1. The maximum absolute atomic E-state index is 12.0. The van der Waals surface area contributed by atoms with Gasteiger partial charge in [-0.15, -0.1) is 0 Å². The van der Waals surface area contributed by atoms with Crippen molar-refractivity contribution in [1.29, 1.82) is 0 Å². The lowest BCUT2D eigenvalue weighted by Crippen LogP contribution is -2.31. The van der Waals surface area contributed by atoms with Crippen LogP contribution >= 0.6 is 0 Å². The van der Waals surface area contributed by atoms with Gasteiger partial charge in [0.2, 0.25) is 0 Å². The zero-order chi connectivity index (χ0) is 16.9. The first-order valence-electron chi connectivity index (χ1n) is 7.20. The Morgan fingerprint density at radius 2 is 1.68 bits per heavy atom. The third-order valence-corrected chi connectivity index (χ3v) is 2.91. The van der Waals surface area contributed by atoms with Crippen molar-refractivity contribution < 1.29 is 19.1 Å². The number of carbonyl (C=O) groups is 3. The monoisotopic (exact) mass is 305 g/mol. The standard InChI is InChI=1S/C17H23NO4/c1-11(19)13-6-8-14(9-7-13)18-16(21)12(2)22-15(20)10-17(3,4)5/h6-9,12H,10H2,1-5H3,(H,18,21)/t12-/m1/s1. The number of ether oxygens (including phenoxy) is 1. The van der Waals surface area contributed by atoms with E-state index in [1.807, 2.05) is 20.8 Å². The van der Waals surface area contributed by atoms with Gasteiger partial charge in [-0.05, 0) is 43.5 Å². The first kappa shape index (κ1) is 17.9. The summed E-state index contributed by atoms with van der Waals surface area (Å²) >= 11 is 0. The minimum Gasteiger partial charge on any atom is -0.453 e. The van der Waals surface area contributed by atoms with Gasteiger partial charge in [0.05, 0.1) is 6.42 Å². The van der Waals surface area contributed by atoms with Crippen molar-refractivity contribution in [3.63, 3.8) is 0 Å². The van der Waals surface area contributed by atoms with Crippen molar-refractivity contribution >= 4 is 23.3 Å². The number of esters is 1. The van der Waals surface area contributed by atoms with Crippen molar-refractivity contribution in [2.75, 3.05) is 5.32 Å². The van der Waals surface area contributed by atoms with Crippen LogP contribution in [-0.2, 0) is 14.3 Å². The summed E-state index contributed by atoms with van der Waals surface area (Å²) in [5, 5.41) is 2.65. The number of anilines is 1. The van der Waals surface area contributed by atoms with Crippen LogP contribution in [0.1, 0.15) is 51.4 Å². The van der Waals surface area contributed by atoms with Crippen molar-refractivity contribution in [2.45, 2.75) is 47.1 Å². The summed E-state index contributed by atoms with van der Waals surface area (Å²) in [6.45, 7) is 8.78. The fourth-order valence-electron chi connectivity index (χ4n) is 1.76. The molecule has 0 fully saturated rings. The second-order valence-electron chi connectivity index (χ2n) is 6.49. The fraction of sp³-hybridized carbons (Fsp3) is 0.471. The van der Waals surface area contributed by atoms with Gasteiger partial charge in [-0.25, -0.2) is 0 Å². The van der Waals surface area contributed by atoms with Crippen molar-refractivity contribution in [3.05, 3.63) is 29.8 Å². The van der Waals surface area contributed by atoms with Gasteiger partial charge in [0.1, 0.15) is 0 Å². The maximum Gasteiger partial charge on any atom is 0.307 e. The number of hydrogen-bond donors (Lipinski definition) is 1. The molecule has 1 aromatic carbocycles. The van der Waals surface area contributed by atoms with Gasteiger partial charge < -0.3 is 10.1 Å². The summed E-state index contributed by atoms with van der Waals surface area (Å²) < 4.78 is 5.12. The highest BCUT2D eigenvalue weighted by Gasteiger charge is 2.22. The number of benzene rings is 1. The number of rotatable bonds is 5. The van der Waals surface area contributed by atoms with Gasteiger partial charge in [-0.3, -0.25) is 14.4 Å². The molecular formula is C17H23NO4. The number of carbonyl (C=O) groups excluding carboxylic acids is 3. The number of hydrogen-bond acceptors (Lipinski definition) is 4. The van der Waals surface area contributed by atoms with E-state index in [4.69, 9.17) is 4.74 Å². The number of Topliss-reactive ketones (excluding diaryl/α,β-unsaturated/α-hetero) is 1. The van der Waals surface area contributed by atoms with Crippen molar-refractivity contribution in [1.82, 2.24) is 0 Å². The highest BCUT2D eigenvalue weighted by Crippen LogP contribution is 2.19. The Morgan fingerprint density at radius 3 is 2.14 bits per heavy atom. The molecule has 0 bridgehead atoms. The molecule has 1 N–H and O–H groups in total. The van der Waals surface area contributed by atoms with Crippen LogP contribution in [-0.4, -0.2) is 23.8 Å². The van der Waals surface area contributed by atoms with Crippen molar-refractivity contribution in [3.8, 4) is 0 Å². The summed E-state index contributed by atoms with van der Waals surface area (Å²) in [5.74, 6) is -0.845. The molecule has 1 aromatic rings. The van der Waals surface area contributed by atoms with Gasteiger partial charge in [-0.1, -0.05) is 20.8 Å². The molecule has 0 spiro atoms. The molecule has 22 heavy (non-hydrogen) atoms. The predicted molar refractivity (Wildman–Crippen MR) is 84.7 cm³/mol. The van der Waals surface area contributed by atoms with E-state index in [-0.39, 0.29) is 17.6 Å². The lowest BCUT2D eigenvalue weighted by molar-refractivity contribution is -0.154. The molecule has 0 heterocycles. The zero-order valence-corrected chi connectivity index (χ0v) is 13.7. The van der Waals surface area contributed by atoms with Crippen LogP contribution in [0, 0.1) is 5.41 Å². The summed E-state index contributed by atoms with van der Waals surface area (Å²) in [5.41, 5.74) is 0.937. The van der Waals surface area contributed by atoms with E-state index in [0.29, 0.717) is 11.3 Å². The minimum absolute atomic E-state index is 0.0395. The Hall–Kier alpha value is -2.17. The Morgan fingerprint density at radius 1 is 1.14 bits per heavy atom. The lowest BCUT2D eigenvalue weighted by atomic mass is 9.92. The molecule has 0 aliphatic carbocycles. The summed E-state index contributed by atoms with van der Waals surface area (Å²) in [4.78, 5) is 34.9. The van der Waals surface area contributed by atoms with Crippen LogP contribution in [0.2, 0.25) is 0 Å². The molecular weight excluding hydrogens is 282 g/mol. The zero-order valence-electron chi connectivity index (χ0n) is 13.7. The Kier molecular flexibility index (Phi) is 5.85. The first-order valence-corrected chi connectivity index (χ1v) is 7.20. The molecule has 120 valence electrons. The number of ketones is 1. The Bertz CT molecular complexity index is 555. The molecule has 0 aromatic heterocycles. The molecule has 0 radical (unpaired) electrons. The van der Waals surface area contributed by atoms with E-state index in [0.717, 1.165) is 0 Å². The van der Waals surface area contributed by atoms with Gasteiger partial charge in [-0.2, -0.15) is 0 Å². The summed E-state index contributed by atoms with van der Waals surface area (Å²) in [6, 6.07) is 6.54. The largest absolute Gasteiger partial charge is 0.453 e. The molecule has 0 aliphatic heterocycles. The molecule has 5 heteroatoms. The minimum atomic E-state index is -0.873. The quantitative estimate of drug-likeness (QED) is 0.670. The third kappa shape index (κ3) is 6.08. The van der Waals surface area contributed by atoms with Gasteiger partial charge in [0.25, 0.3) is 5.91 Å². The molecule has 0 unspecified atom stereocenters. The Balaban J connectivity index is 2.57. The SMILES string of the molecule is CC(=O)c1ccc(NC(=O)[C@@H](C)OC(=O)CC(C)(C)C)cc1. The Labute approximate surface area is 131 Å². The van der Waals surface area contributed by atoms with E-state index < -0.39 is 18.0 Å². The average Bonchev–Trinajstić information content (AvgIpc) is 2.36. The molecule has 1 rings (SSSR count).